The zero-order valence-corrected chi connectivity index (χ0v) is 15.5. The summed E-state index contributed by atoms with van der Waals surface area (Å²) in [5, 5.41) is 3.46. The van der Waals surface area contributed by atoms with Gasteiger partial charge in [-0.2, -0.15) is 0 Å². The molecule has 0 bridgehead atoms. The van der Waals surface area contributed by atoms with Crippen molar-refractivity contribution < 1.29 is 0 Å². The third-order valence-electron chi connectivity index (χ3n) is 5.03. The zero-order valence-electron chi connectivity index (χ0n) is 14.7. The van der Waals surface area contributed by atoms with Crippen LogP contribution in [0.25, 0.3) is 21.1 Å². The van der Waals surface area contributed by atoms with E-state index in [0.717, 1.165) is 13.0 Å². The Hall–Kier alpha value is -2.78. The van der Waals surface area contributed by atoms with Crippen molar-refractivity contribution in [3.63, 3.8) is 0 Å². The monoisotopic (exact) mass is 356 g/mol. The highest BCUT2D eigenvalue weighted by Gasteiger charge is 2.12. The summed E-state index contributed by atoms with van der Waals surface area (Å²) in [5.74, 6) is 0. The van der Waals surface area contributed by atoms with Gasteiger partial charge in [0.2, 0.25) is 0 Å². The maximum absolute atomic E-state index is 3.57. The SMILES string of the molecule is Cc1ccc(Cn2c(Cc3cc4ccccc4[nH]3)cc3sccc32)cc1. The summed E-state index contributed by atoms with van der Waals surface area (Å²) in [5.41, 5.74) is 7.82. The summed E-state index contributed by atoms with van der Waals surface area (Å²) >= 11 is 1.82. The number of benzene rings is 2. The van der Waals surface area contributed by atoms with Crippen molar-refractivity contribution in [2.75, 3.05) is 0 Å². The predicted octanol–water partition coefficient (Wildman–Crippen LogP) is 6.13. The van der Waals surface area contributed by atoms with E-state index in [9.17, 15) is 0 Å². The van der Waals surface area contributed by atoms with E-state index in [1.54, 1.807) is 0 Å². The van der Waals surface area contributed by atoms with E-state index in [4.69, 9.17) is 0 Å². The van der Waals surface area contributed by atoms with Crippen molar-refractivity contribution in [3.05, 3.63) is 94.6 Å². The van der Waals surface area contributed by atoms with Gasteiger partial charge in [-0.1, -0.05) is 48.0 Å². The van der Waals surface area contributed by atoms with Crippen LogP contribution in [0.2, 0.25) is 0 Å². The summed E-state index contributed by atoms with van der Waals surface area (Å²) in [7, 11) is 0. The summed E-state index contributed by atoms with van der Waals surface area (Å²) in [6.07, 6.45) is 0.919. The molecule has 0 saturated heterocycles. The molecule has 3 aromatic heterocycles. The fourth-order valence-corrected chi connectivity index (χ4v) is 4.51. The van der Waals surface area contributed by atoms with Gasteiger partial charge in [0.15, 0.2) is 0 Å². The lowest BCUT2D eigenvalue weighted by Gasteiger charge is -2.10. The number of aromatic nitrogens is 2. The second kappa shape index (κ2) is 6.19. The Morgan fingerprint density at radius 3 is 2.65 bits per heavy atom. The lowest BCUT2D eigenvalue weighted by atomic mass is 10.1. The highest BCUT2D eigenvalue weighted by molar-refractivity contribution is 7.17. The number of rotatable bonds is 4. The van der Waals surface area contributed by atoms with Crippen LogP contribution in [0.4, 0.5) is 0 Å². The fraction of sp³-hybridized carbons (Fsp3) is 0.130. The minimum absolute atomic E-state index is 0.913. The molecule has 0 aliphatic rings. The topological polar surface area (TPSA) is 20.7 Å². The number of para-hydroxylation sites is 1. The molecule has 0 atom stereocenters. The number of H-pyrrole nitrogens is 1. The molecule has 128 valence electrons. The largest absolute Gasteiger partial charge is 0.358 e. The molecule has 0 saturated carbocycles. The van der Waals surface area contributed by atoms with Gasteiger partial charge in [0.05, 0.1) is 10.2 Å². The molecule has 0 spiro atoms. The van der Waals surface area contributed by atoms with E-state index in [1.165, 1.54) is 43.6 Å². The molecule has 26 heavy (non-hydrogen) atoms. The first kappa shape index (κ1) is 15.5. The molecule has 0 amide bonds. The first-order valence-corrected chi connectivity index (χ1v) is 9.82. The van der Waals surface area contributed by atoms with Crippen LogP contribution in [0.1, 0.15) is 22.5 Å². The number of hydrogen-bond donors (Lipinski definition) is 1. The number of hydrogen-bond acceptors (Lipinski definition) is 1. The molecule has 1 N–H and O–H groups in total. The van der Waals surface area contributed by atoms with Crippen LogP contribution in [0.15, 0.2) is 72.1 Å². The average Bonchev–Trinajstić information content (AvgIpc) is 3.33. The van der Waals surface area contributed by atoms with Crippen LogP contribution in [-0.4, -0.2) is 9.55 Å². The Morgan fingerprint density at radius 2 is 1.81 bits per heavy atom. The van der Waals surface area contributed by atoms with Gasteiger partial charge in [-0.25, -0.2) is 0 Å². The van der Waals surface area contributed by atoms with Crippen LogP contribution >= 0.6 is 11.3 Å². The van der Waals surface area contributed by atoms with Gasteiger partial charge in [-0.05, 0) is 47.5 Å². The minimum atomic E-state index is 0.913. The molecule has 3 heteroatoms. The number of nitrogens with zero attached hydrogens (tertiary/aromatic N) is 1. The normalized spacial score (nSPS) is 11.6. The van der Waals surface area contributed by atoms with Gasteiger partial charge >= 0.3 is 0 Å². The third kappa shape index (κ3) is 2.74. The van der Waals surface area contributed by atoms with Crippen LogP contribution in [-0.2, 0) is 13.0 Å². The number of aryl methyl sites for hydroxylation is 1. The highest BCUT2D eigenvalue weighted by atomic mass is 32.1. The highest BCUT2D eigenvalue weighted by Crippen LogP contribution is 2.28. The van der Waals surface area contributed by atoms with Crippen molar-refractivity contribution >= 4 is 32.5 Å². The third-order valence-corrected chi connectivity index (χ3v) is 5.88. The van der Waals surface area contributed by atoms with E-state index in [0.29, 0.717) is 0 Å². The minimum Gasteiger partial charge on any atom is -0.358 e. The number of fused-ring (bicyclic) bond motifs is 2. The molecule has 5 aromatic rings. The quantitative estimate of drug-likeness (QED) is 0.400. The standard InChI is InChI=1S/C23H20N2S/c1-16-6-8-17(9-7-16)15-25-20(14-23-22(25)10-11-26-23)13-19-12-18-4-2-3-5-21(18)24-19/h2-12,14,24H,13,15H2,1H3. The number of thiophene rings is 1. The van der Waals surface area contributed by atoms with E-state index in [-0.39, 0.29) is 0 Å². The Labute approximate surface area is 156 Å². The molecule has 0 unspecified atom stereocenters. The van der Waals surface area contributed by atoms with Crippen molar-refractivity contribution in [2.45, 2.75) is 19.9 Å². The predicted molar refractivity (Wildman–Crippen MR) is 111 cm³/mol. The molecule has 0 radical (unpaired) electrons. The molecule has 2 nitrogen and oxygen atoms in total. The molecular weight excluding hydrogens is 336 g/mol. The second-order valence-electron chi connectivity index (χ2n) is 6.94. The van der Waals surface area contributed by atoms with Crippen LogP contribution < -0.4 is 0 Å². The summed E-state index contributed by atoms with van der Waals surface area (Å²) in [6, 6.07) is 24.2. The van der Waals surface area contributed by atoms with Gasteiger partial charge in [-0.3, -0.25) is 0 Å². The number of nitrogens with one attached hydrogen (secondary N) is 1. The van der Waals surface area contributed by atoms with Gasteiger partial charge in [0.1, 0.15) is 0 Å². The molecule has 2 aromatic carbocycles. The van der Waals surface area contributed by atoms with E-state index >= 15 is 0 Å². The van der Waals surface area contributed by atoms with Crippen molar-refractivity contribution in [1.82, 2.24) is 9.55 Å². The first-order valence-electron chi connectivity index (χ1n) is 8.94. The zero-order chi connectivity index (χ0) is 17.5. The van der Waals surface area contributed by atoms with Crippen LogP contribution in [0.5, 0.6) is 0 Å². The second-order valence-corrected chi connectivity index (χ2v) is 7.88. The van der Waals surface area contributed by atoms with E-state index < -0.39 is 0 Å². The Kier molecular flexibility index (Phi) is 3.68. The molecular formula is C23H20N2S. The number of aromatic amines is 1. The maximum atomic E-state index is 3.57. The Bertz CT molecular complexity index is 1160. The molecule has 0 aliphatic heterocycles. The van der Waals surface area contributed by atoms with E-state index in [2.05, 4.69) is 88.6 Å². The maximum Gasteiger partial charge on any atom is 0.0595 e. The Morgan fingerprint density at radius 1 is 0.962 bits per heavy atom. The van der Waals surface area contributed by atoms with Crippen molar-refractivity contribution in [3.8, 4) is 0 Å². The lowest BCUT2D eigenvalue weighted by molar-refractivity contribution is 0.781. The summed E-state index contributed by atoms with van der Waals surface area (Å²) in [6.45, 7) is 3.05. The van der Waals surface area contributed by atoms with Gasteiger partial charge in [0.25, 0.3) is 0 Å². The first-order chi connectivity index (χ1) is 12.8. The molecule has 0 aliphatic carbocycles. The van der Waals surface area contributed by atoms with E-state index in [1.807, 2.05) is 11.3 Å². The van der Waals surface area contributed by atoms with Crippen molar-refractivity contribution in [2.24, 2.45) is 0 Å². The van der Waals surface area contributed by atoms with Crippen LogP contribution in [0.3, 0.4) is 0 Å². The molecule has 0 fully saturated rings. The molecule has 3 heterocycles. The summed E-state index contributed by atoms with van der Waals surface area (Å²) < 4.78 is 3.82. The molecule has 5 rings (SSSR count). The van der Waals surface area contributed by atoms with Gasteiger partial charge in [0, 0.05) is 29.9 Å². The average molecular weight is 356 g/mol. The smallest absolute Gasteiger partial charge is 0.0595 e. The Balaban J connectivity index is 1.54. The van der Waals surface area contributed by atoms with Crippen LogP contribution in [0, 0.1) is 6.92 Å². The van der Waals surface area contributed by atoms with Crippen molar-refractivity contribution in [1.29, 1.82) is 0 Å². The summed E-state index contributed by atoms with van der Waals surface area (Å²) in [4.78, 5) is 3.57. The van der Waals surface area contributed by atoms with Gasteiger partial charge in [-0.15, -0.1) is 11.3 Å². The lowest BCUT2D eigenvalue weighted by Crippen LogP contribution is -2.05. The fourth-order valence-electron chi connectivity index (χ4n) is 3.66. The van der Waals surface area contributed by atoms with Gasteiger partial charge < -0.3 is 9.55 Å².